The maximum Gasteiger partial charge on any atom is 0.246 e. The molecule has 23 nitrogen and oxygen atoms in total. The van der Waals surface area contributed by atoms with Gasteiger partial charge in [-0.05, 0) is 94.8 Å². The molecule has 0 aliphatic rings. The molecule has 12 atom stereocenters. The molecule has 0 saturated heterocycles. The molecule has 0 heterocycles. The zero-order chi connectivity index (χ0) is 66.4. The lowest BCUT2D eigenvalue weighted by Gasteiger charge is -2.41. The summed E-state index contributed by atoms with van der Waals surface area (Å²) in [5, 5.41) is 20.2. The number of carbonyl (C=O) groups excluding carboxylic acids is 11. The van der Waals surface area contributed by atoms with Gasteiger partial charge in [-0.3, -0.25) is 52.7 Å². The first-order valence-electron chi connectivity index (χ1n) is 30.5. The number of primary amides is 1. The van der Waals surface area contributed by atoms with E-state index in [9.17, 15) is 48.3 Å². The highest BCUT2D eigenvalue weighted by Crippen LogP contribution is 2.25. The Kier molecular flexibility index (Phi) is 34.1. The van der Waals surface area contributed by atoms with E-state index in [1.54, 1.807) is 67.7 Å². The van der Waals surface area contributed by atoms with Gasteiger partial charge < -0.3 is 61.1 Å². The molecule has 11 amide bonds. The van der Waals surface area contributed by atoms with Gasteiger partial charge in [0, 0.05) is 55.3 Å². The molecule has 0 rings (SSSR count). The normalized spacial score (nSPS) is 16.0. The number of aliphatic hydroxyl groups excluding tert-OH is 1. The van der Waals surface area contributed by atoms with Crippen molar-refractivity contribution in [2.24, 2.45) is 47.2 Å². The van der Waals surface area contributed by atoms with Gasteiger partial charge >= 0.3 is 0 Å². The van der Waals surface area contributed by atoms with Crippen molar-refractivity contribution in [2.75, 3.05) is 55.9 Å². The van der Waals surface area contributed by atoms with E-state index in [1.165, 1.54) is 73.7 Å². The molecular weight excluding hydrogens is 1090 g/mol. The van der Waals surface area contributed by atoms with Crippen LogP contribution in [-0.4, -0.2) is 221 Å². The van der Waals surface area contributed by atoms with Crippen LogP contribution >= 0.6 is 0 Å². The van der Waals surface area contributed by atoms with Gasteiger partial charge in [0.05, 0.1) is 12.6 Å². The molecule has 488 valence electrons. The number of amides is 11. The highest BCUT2D eigenvalue weighted by Gasteiger charge is 2.45. The predicted molar refractivity (Wildman–Crippen MR) is 330 cm³/mol. The third kappa shape index (κ3) is 23.2. The zero-order valence-corrected chi connectivity index (χ0v) is 56.3. The topological polar surface area (TPSA) is 293 Å². The fourth-order valence-corrected chi connectivity index (χ4v) is 10.1. The second-order valence-electron chi connectivity index (χ2n) is 25.4. The van der Waals surface area contributed by atoms with Gasteiger partial charge in [0.1, 0.15) is 54.4 Å². The second kappa shape index (κ2) is 36.8. The van der Waals surface area contributed by atoms with Crippen LogP contribution in [0.15, 0.2) is 12.2 Å². The molecular formula is C62H113N11O12. The van der Waals surface area contributed by atoms with Crippen LogP contribution in [-0.2, 0) is 52.7 Å². The predicted octanol–water partition coefficient (Wildman–Crippen LogP) is 3.65. The van der Waals surface area contributed by atoms with Crippen molar-refractivity contribution in [3.05, 3.63) is 12.2 Å². The molecule has 1 unspecified atom stereocenters. The number of rotatable bonds is 36. The number of carbonyl (C=O) groups is 11. The van der Waals surface area contributed by atoms with Gasteiger partial charge in [-0.1, -0.05) is 116 Å². The van der Waals surface area contributed by atoms with Crippen molar-refractivity contribution in [2.45, 2.75) is 223 Å². The minimum atomic E-state index is -1.60. The quantitative estimate of drug-likeness (QED) is 0.0562. The minimum Gasteiger partial charge on any atom is -0.390 e. The Bertz CT molecular complexity index is 2270. The van der Waals surface area contributed by atoms with Crippen molar-refractivity contribution >= 4 is 65.0 Å². The zero-order valence-electron chi connectivity index (χ0n) is 56.3. The van der Waals surface area contributed by atoms with Crippen molar-refractivity contribution < 1.29 is 57.8 Å². The van der Waals surface area contributed by atoms with Crippen molar-refractivity contribution in [1.82, 2.24) is 50.2 Å². The number of nitrogens with one attached hydrogen (secondary N) is 3. The summed E-state index contributed by atoms with van der Waals surface area (Å²) in [4.78, 5) is 163. The fraction of sp³-hybridized carbons (Fsp3) is 0.790. The van der Waals surface area contributed by atoms with Crippen LogP contribution in [0.5, 0.6) is 0 Å². The second-order valence-corrected chi connectivity index (χ2v) is 25.4. The number of nitrogens with two attached hydrogens (primary N) is 1. The summed E-state index contributed by atoms with van der Waals surface area (Å²) >= 11 is 0. The highest BCUT2D eigenvalue weighted by atomic mass is 16.3. The summed E-state index contributed by atoms with van der Waals surface area (Å²) < 4.78 is 0. The van der Waals surface area contributed by atoms with Crippen molar-refractivity contribution in [1.29, 1.82) is 0 Å². The molecule has 0 aromatic heterocycles. The van der Waals surface area contributed by atoms with E-state index in [4.69, 9.17) is 5.73 Å². The van der Waals surface area contributed by atoms with E-state index < -0.39 is 138 Å². The molecule has 0 aliphatic carbocycles. The largest absolute Gasteiger partial charge is 0.390 e. The van der Waals surface area contributed by atoms with Crippen LogP contribution in [0, 0.1) is 41.4 Å². The first-order valence-corrected chi connectivity index (χ1v) is 30.5. The molecule has 0 aromatic carbocycles. The molecule has 0 aliphatic heterocycles. The Morgan fingerprint density at radius 3 is 1.40 bits per heavy atom. The number of hydrogen-bond acceptors (Lipinski definition) is 12. The number of likely N-dealkylation sites (N-methyl/N-ethyl adjacent to an activating group) is 7. The van der Waals surface area contributed by atoms with Gasteiger partial charge in [0.2, 0.25) is 65.0 Å². The van der Waals surface area contributed by atoms with Crippen molar-refractivity contribution in [3.63, 3.8) is 0 Å². The molecule has 0 fully saturated rings. The Balaban J connectivity index is 7.13. The Morgan fingerprint density at radius 1 is 0.494 bits per heavy atom. The van der Waals surface area contributed by atoms with E-state index in [-0.39, 0.29) is 61.2 Å². The SMILES string of the molecule is C/C=C/C[C@@H](C)[C@H](O)C(C(=O)N[C@H](CC)C(=O)N(C)CC(=O)N(C)[C@@H](CCC)C(N)=O)N(C)C(=O)[C@@H](C(C)C)N(C)C(=O)[C@@H](CC(C)C)N(C)C(=O)[C@@H](CC(C)C)N(C)C(=O)[C@H](C)NC(=O)[C@@H](CC(C)C)NC(=O)[C@H](C)N(C)C(=O)[C@H](C)C(C)C. The van der Waals surface area contributed by atoms with Crippen LogP contribution in [0.3, 0.4) is 0 Å². The molecule has 0 aromatic rings. The van der Waals surface area contributed by atoms with Gasteiger partial charge in [0.25, 0.3) is 0 Å². The molecule has 23 heteroatoms. The Labute approximate surface area is 509 Å². The van der Waals surface area contributed by atoms with Crippen LogP contribution in [0.4, 0.5) is 0 Å². The average molecular weight is 1200 g/mol. The number of allylic oxidation sites excluding steroid dienone is 2. The monoisotopic (exact) mass is 1200 g/mol. The highest BCUT2D eigenvalue weighted by molar-refractivity contribution is 5.98. The molecule has 6 N–H and O–H groups in total. The van der Waals surface area contributed by atoms with E-state index in [0.717, 1.165) is 9.80 Å². The third-order valence-corrected chi connectivity index (χ3v) is 16.2. The Morgan fingerprint density at radius 2 is 0.965 bits per heavy atom. The summed E-state index contributed by atoms with van der Waals surface area (Å²) in [7, 11) is 10.0. The minimum absolute atomic E-state index is 0.0406. The molecule has 0 spiro atoms. The first kappa shape index (κ1) is 78.9. The molecule has 0 saturated carbocycles. The summed E-state index contributed by atoms with van der Waals surface area (Å²) in [5.41, 5.74) is 5.57. The fourth-order valence-electron chi connectivity index (χ4n) is 10.1. The van der Waals surface area contributed by atoms with E-state index in [2.05, 4.69) is 16.0 Å². The lowest BCUT2D eigenvalue weighted by molar-refractivity contribution is -0.157. The smallest absolute Gasteiger partial charge is 0.246 e. The summed E-state index contributed by atoms with van der Waals surface area (Å²) in [5.74, 6) is -8.52. The first-order chi connectivity index (χ1) is 39.2. The molecule has 0 bridgehead atoms. The van der Waals surface area contributed by atoms with Crippen LogP contribution in [0.2, 0.25) is 0 Å². The lowest BCUT2D eigenvalue weighted by atomic mass is 9.91. The Hall–Kier alpha value is -6.13. The maximum atomic E-state index is 15.1. The summed E-state index contributed by atoms with van der Waals surface area (Å²) in [6.45, 7) is 29.9. The number of aliphatic hydroxyl groups is 1. The van der Waals surface area contributed by atoms with Crippen LogP contribution < -0.4 is 21.7 Å². The van der Waals surface area contributed by atoms with Gasteiger partial charge in [-0.25, -0.2) is 0 Å². The maximum absolute atomic E-state index is 15.1. The third-order valence-electron chi connectivity index (χ3n) is 16.2. The van der Waals surface area contributed by atoms with Crippen molar-refractivity contribution in [3.8, 4) is 0 Å². The average Bonchev–Trinajstić information content (AvgIpc) is 3.09. The van der Waals surface area contributed by atoms with Gasteiger partial charge in [-0.2, -0.15) is 0 Å². The molecule has 0 radical (unpaired) electrons. The van der Waals surface area contributed by atoms with E-state index in [0.29, 0.717) is 19.3 Å². The molecule has 85 heavy (non-hydrogen) atoms. The lowest BCUT2D eigenvalue weighted by Crippen LogP contribution is -2.63. The standard InChI is InChI=1S/C62H113N11O12/c1-25-28-30-40(14)52(75)51(56(79)65-44(27-3)59(82)67(18)34-49(74)69(20)46(29-26-2)53(63)76)73(24)62(85)50(39(12)13)72(23)61(84)48(33-37(8)9)71(22)60(83)47(32-36(6)7)70(21)58(81)42(16)64-55(78)45(31-35(4)5)66-54(77)43(17)68(19)57(80)41(15)38(10)11/h25,28,35-48,50-52,75H,26-27,29-34H2,1-24H3,(H2,63,76)(H,64,78)(H,65,79)(H,66,77)/b28-25+/t40-,41-,42+,43+,44-,45-,46+,47-,48-,50-,51?,52+/m1/s1. The summed E-state index contributed by atoms with van der Waals surface area (Å²) in [6.07, 6.45) is 3.89. The van der Waals surface area contributed by atoms with Crippen LogP contribution in [0.25, 0.3) is 0 Å². The summed E-state index contributed by atoms with van der Waals surface area (Å²) in [6, 6.07) is -10.4. The van der Waals surface area contributed by atoms with Crippen LogP contribution in [0.1, 0.15) is 163 Å². The number of nitrogens with zero attached hydrogens (tertiary/aromatic N) is 7. The van der Waals surface area contributed by atoms with E-state index >= 15 is 9.59 Å². The van der Waals surface area contributed by atoms with Gasteiger partial charge in [0.15, 0.2) is 0 Å². The van der Waals surface area contributed by atoms with E-state index in [1.807, 2.05) is 62.3 Å². The number of hydrogen-bond donors (Lipinski definition) is 5. The van der Waals surface area contributed by atoms with Gasteiger partial charge in [-0.15, -0.1) is 0 Å².